The summed E-state index contributed by atoms with van der Waals surface area (Å²) < 4.78 is 0. The van der Waals surface area contributed by atoms with Gasteiger partial charge in [-0.1, -0.05) is 19.1 Å². The normalized spacial score (nSPS) is 13.6. The Labute approximate surface area is 144 Å². The molecule has 3 rings (SSSR count). The molecule has 0 aliphatic heterocycles. The smallest absolute Gasteiger partial charge is 0.251 e. The number of hydrogen-bond acceptors (Lipinski definition) is 4. The number of aromatic nitrogens is 2. The number of thiazole rings is 1. The first kappa shape index (κ1) is 16.4. The Bertz CT molecular complexity index is 996. The number of benzene rings is 1. The second kappa shape index (κ2) is 6.21. The highest BCUT2D eigenvalue weighted by Crippen LogP contribution is 2.30. The highest BCUT2D eigenvalue weighted by atomic mass is 32.1. The lowest BCUT2D eigenvalue weighted by atomic mass is 9.79. The van der Waals surface area contributed by atoms with Crippen LogP contribution in [0.25, 0.3) is 10.9 Å². The fraction of sp³-hybridized carbons (Fsp3) is 0.316. The summed E-state index contributed by atoms with van der Waals surface area (Å²) in [7, 11) is 0. The number of fused-ring (bicyclic) bond motifs is 1. The zero-order valence-corrected chi connectivity index (χ0v) is 14.8. The summed E-state index contributed by atoms with van der Waals surface area (Å²) >= 11 is 1.59. The molecular formula is C19H19N3OS. The summed E-state index contributed by atoms with van der Waals surface area (Å²) in [6, 6.07) is 10.2. The minimum Gasteiger partial charge on any atom is -0.322 e. The van der Waals surface area contributed by atoms with E-state index in [-0.39, 0.29) is 5.56 Å². The van der Waals surface area contributed by atoms with E-state index < -0.39 is 5.41 Å². The van der Waals surface area contributed by atoms with Crippen molar-refractivity contribution in [2.24, 2.45) is 0 Å². The largest absolute Gasteiger partial charge is 0.322 e. The Kier molecular flexibility index (Phi) is 4.25. The minimum absolute atomic E-state index is 0.0593. The van der Waals surface area contributed by atoms with Crippen LogP contribution in [-0.4, -0.2) is 9.97 Å². The predicted molar refractivity (Wildman–Crippen MR) is 97.5 cm³/mol. The van der Waals surface area contributed by atoms with Crippen LogP contribution in [0.3, 0.4) is 0 Å². The molecule has 0 saturated carbocycles. The summed E-state index contributed by atoms with van der Waals surface area (Å²) in [4.78, 5) is 19.5. The van der Waals surface area contributed by atoms with Crippen LogP contribution in [0, 0.1) is 18.3 Å². The predicted octanol–water partition coefficient (Wildman–Crippen LogP) is 3.88. The van der Waals surface area contributed by atoms with Crippen molar-refractivity contribution < 1.29 is 0 Å². The molecule has 1 atom stereocenters. The van der Waals surface area contributed by atoms with Gasteiger partial charge in [-0.25, -0.2) is 4.98 Å². The number of nitriles is 1. The summed E-state index contributed by atoms with van der Waals surface area (Å²) in [6.45, 7) is 5.85. The minimum atomic E-state index is -0.685. The number of rotatable bonds is 4. The quantitative estimate of drug-likeness (QED) is 0.785. The lowest BCUT2D eigenvalue weighted by Crippen LogP contribution is -2.23. The maximum Gasteiger partial charge on any atom is 0.251 e. The highest BCUT2D eigenvalue weighted by Gasteiger charge is 2.28. The van der Waals surface area contributed by atoms with Crippen molar-refractivity contribution in [3.63, 3.8) is 0 Å². The van der Waals surface area contributed by atoms with E-state index in [2.05, 4.69) is 16.0 Å². The van der Waals surface area contributed by atoms with Crippen molar-refractivity contribution in [2.75, 3.05) is 0 Å². The van der Waals surface area contributed by atoms with Crippen LogP contribution >= 0.6 is 11.3 Å². The molecule has 0 aliphatic carbocycles. The topological polar surface area (TPSA) is 69.5 Å². The Hall–Kier alpha value is -2.45. The van der Waals surface area contributed by atoms with E-state index in [1.54, 1.807) is 11.3 Å². The van der Waals surface area contributed by atoms with Crippen LogP contribution in [0.1, 0.15) is 35.7 Å². The molecule has 0 amide bonds. The van der Waals surface area contributed by atoms with E-state index in [4.69, 9.17) is 0 Å². The third-order valence-electron chi connectivity index (χ3n) is 4.39. The van der Waals surface area contributed by atoms with Crippen LogP contribution in [0.2, 0.25) is 0 Å². The van der Waals surface area contributed by atoms with Gasteiger partial charge in [0.25, 0.3) is 5.56 Å². The molecule has 0 fully saturated rings. The molecule has 1 unspecified atom stereocenters. The molecule has 0 aliphatic rings. The van der Waals surface area contributed by atoms with Gasteiger partial charge in [-0.15, -0.1) is 11.3 Å². The summed E-state index contributed by atoms with van der Waals surface area (Å²) in [5.41, 5.74) is 2.62. The molecule has 3 aromatic rings. The number of aromatic amines is 1. The van der Waals surface area contributed by atoms with Gasteiger partial charge in [-0.2, -0.15) is 5.26 Å². The maximum atomic E-state index is 12.1. The van der Waals surface area contributed by atoms with E-state index in [0.29, 0.717) is 12.8 Å². The van der Waals surface area contributed by atoms with Gasteiger partial charge in [0.2, 0.25) is 0 Å². The van der Waals surface area contributed by atoms with Gasteiger partial charge >= 0.3 is 0 Å². The van der Waals surface area contributed by atoms with Gasteiger partial charge in [0, 0.05) is 22.9 Å². The van der Waals surface area contributed by atoms with Crippen molar-refractivity contribution in [1.29, 1.82) is 5.26 Å². The van der Waals surface area contributed by atoms with Crippen LogP contribution in [0.5, 0.6) is 0 Å². The molecular weight excluding hydrogens is 318 g/mol. The summed E-state index contributed by atoms with van der Waals surface area (Å²) in [6.07, 6.45) is 1.25. The lowest BCUT2D eigenvalue weighted by Gasteiger charge is -2.21. The molecule has 24 heavy (non-hydrogen) atoms. The molecule has 2 heterocycles. The number of aryl methyl sites for hydroxylation is 2. The Morgan fingerprint density at radius 1 is 1.38 bits per heavy atom. The first-order valence-corrected chi connectivity index (χ1v) is 8.82. The Balaban J connectivity index is 2.06. The standard InChI is InChI=1S/C19H19N3OS/c1-4-13-7-14-5-6-15(8-17(14)22-18(13)23)19(3,11-20)9-16-10-24-12(2)21-16/h5-8,10H,4,9H2,1-3H3,(H,22,23). The molecule has 0 bridgehead atoms. The average Bonchev–Trinajstić information content (AvgIpc) is 2.98. The number of hydrogen-bond donors (Lipinski definition) is 1. The first-order chi connectivity index (χ1) is 11.4. The number of H-pyrrole nitrogens is 1. The lowest BCUT2D eigenvalue weighted by molar-refractivity contribution is 0.598. The van der Waals surface area contributed by atoms with E-state index in [1.807, 2.05) is 50.4 Å². The summed E-state index contributed by atoms with van der Waals surface area (Å²) in [5.74, 6) is 0. The maximum absolute atomic E-state index is 12.1. The molecule has 0 radical (unpaired) electrons. The molecule has 0 saturated heterocycles. The second-order valence-corrected chi connectivity index (χ2v) is 7.32. The number of nitrogens with zero attached hydrogens (tertiary/aromatic N) is 2. The fourth-order valence-electron chi connectivity index (χ4n) is 2.91. The average molecular weight is 337 g/mol. The van der Waals surface area contributed by atoms with E-state index in [0.717, 1.165) is 32.7 Å². The highest BCUT2D eigenvalue weighted by molar-refractivity contribution is 7.09. The number of nitrogens with one attached hydrogen (secondary N) is 1. The molecule has 2 aromatic heterocycles. The van der Waals surface area contributed by atoms with Crippen molar-refractivity contribution in [3.05, 3.63) is 61.8 Å². The molecule has 5 heteroatoms. The monoisotopic (exact) mass is 337 g/mol. The van der Waals surface area contributed by atoms with Crippen LogP contribution in [-0.2, 0) is 18.3 Å². The van der Waals surface area contributed by atoms with Gasteiger partial charge in [-0.05, 0) is 43.4 Å². The van der Waals surface area contributed by atoms with E-state index >= 15 is 0 Å². The van der Waals surface area contributed by atoms with Gasteiger partial charge in [0.15, 0.2) is 0 Å². The van der Waals surface area contributed by atoms with Gasteiger partial charge in [0.1, 0.15) is 0 Å². The Morgan fingerprint density at radius 2 is 2.17 bits per heavy atom. The van der Waals surface area contributed by atoms with Crippen molar-refractivity contribution in [2.45, 2.75) is 39.0 Å². The zero-order chi connectivity index (χ0) is 17.3. The van der Waals surface area contributed by atoms with Gasteiger partial charge < -0.3 is 4.98 Å². The molecule has 1 N–H and O–H groups in total. The van der Waals surface area contributed by atoms with E-state index in [1.165, 1.54) is 0 Å². The third kappa shape index (κ3) is 2.98. The summed E-state index contributed by atoms with van der Waals surface area (Å²) in [5, 5.41) is 13.8. The third-order valence-corrected chi connectivity index (χ3v) is 5.21. The molecule has 0 spiro atoms. The van der Waals surface area contributed by atoms with E-state index in [9.17, 15) is 10.1 Å². The van der Waals surface area contributed by atoms with Crippen LogP contribution in [0.4, 0.5) is 0 Å². The van der Waals surface area contributed by atoms with Crippen molar-refractivity contribution >= 4 is 22.2 Å². The zero-order valence-electron chi connectivity index (χ0n) is 14.0. The van der Waals surface area contributed by atoms with Gasteiger partial charge in [0.05, 0.1) is 22.2 Å². The van der Waals surface area contributed by atoms with Crippen LogP contribution < -0.4 is 5.56 Å². The SMILES string of the molecule is CCc1cc2ccc(C(C)(C#N)Cc3csc(C)n3)cc2[nH]c1=O. The molecule has 1 aromatic carbocycles. The molecule has 122 valence electrons. The van der Waals surface area contributed by atoms with Gasteiger partial charge in [-0.3, -0.25) is 4.79 Å². The first-order valence-electron chi connectivity index (χ1n) is 7.94. The molecule has 4 nitrogen and oxygen atoms in total. The second-order valence-electron chi connectivity index (χ2n) is 6.26. The Morgan fingerprint density at radius 3 is 2.79 bits per heavy atom. The van der Waals surface area contributed by atoms with Crippen LogP contribution in [0.15, 0.2) is 34.4 Å². The fourth-order valence-corrected chi connectivity index (χ4v) is 3.52. The number of pyridine rings is 1. The van der Waals surface area contributed by atoms with Crippen molar-refractivity contribution in [3.8, 4) is 6.07 Å². The van der Waals surface area contributed by atoms with Crippen molar-refractivity contribution in [1.82, 2.24) is 9.97 Å².